The molecule has 0 radical (unpaired) electrons. The SMILES string of the molecule is O=C(Cl)Oc1cccc(-c2nnco2)c1.O=C(Oc1cccc(-c2nnco2)c1)N(c1ccccc1)c1ccccc1.c1ccc(Cc2ccccc2)cc1. The molecule has 2 aromatic heterocycles. The van der Waals surface area contributed by atoms with E-state index in [0.717, 1.165) is 6.42 Å². The van der Waals surface area contributed by atoms with Crippen LogP contribution >= 0.6 is 11.6 Å². The van der Waals surface area contributed by atoms with Gasteiger partial charge < -0.3 is 18.3 Å². The number of hydrogen-bond acceptors (Lipinski definition) is 10. The first-order valence-corrected chi connectivity index (χ1v) is 17.2. The molecule has 0 bridgehead atoms. The van der Waals surface area contributed by atoms with Crippen LogP contribution < -0.4 is 14.4 Å². The number of para-hydroxylation sites is 2. The van der Waals surface area contributed by atoms with Gasteiger partial charge in [0.15, 0.2) is 0 Å². The number of halogens is 1. The lowest BCUT2D eigenvalue weighted by Gasteiger charge is -2.22. The highest BCUT2D eigenvalue weighted by molar-refractivity contribution is 6.61. The van der Waals surface area contributed by atoms with Crippen molar-refractivity contribution in [2.75, 3.05) is 4.90 Å². The molecule has 0 saturated carbocycles. The topological polar surface area (TPSA) is 134 Å². The van der Waals surface area contributed by atoms with Crippen LogP contribution in [-0.2, 0) is 6.42 Å². The summed E-state index contributed by atoms with van der Waals surface area (Å²) in [7, 11) is 0. The molecular formula is C43H32ClN5O6. The van der Waals surface area contributed by atoms with E-state index < -0.39 is 11.5 Å². The fourth-order valence-corrected chi connectivity index (χ4v) is 5.25. The zero-order valence-corrected chi connectivity index (χ0v) is 29.8. The maximum atomic E-state index is 13.0. The van der Waals surface area contributed by atoms with Crippen molar-refractivity contribution >= 4 is 34.5 Å². The lowest BCUT2D eigenvalue weighted by Crippen LogP contribution is -2.29. The van der Waals surface area contributed by atoms with E-state index in [9.17, 15) is 9.59 Å². The molecule has 0 N–H and O–H groups in total. The van der Waals surface area contributed by atoms with Crippen LogP contribution in [0, 0.1) is 0 Å². The van der Waals surface area contributed by atoms with E-state index in [1.54, 1.807) is 48.5 Å². The quantitative estimate of drug-likeness (QED) is 0.138. The second kappa shape index (κ2) is 19.5. The summed E-state index contributed by atoms with van der Waals surface area (Å²) in [5.41, 5.74) is 4.59. The van der Waals surface area contributed by atoms with E-state index in [1.165, 1.54) is 28.8 Å². The Morgan fingerprint density at radius 2 is 0.945 bits per heavy atom. The van der Waals surface area contributed by atoms with Gasteiger partial charge in [0.05, 0.1) is 11.4 Å². The molecule has 55 heavy (non-hydrogen) atoms. The summed E-state index contributed by atoms with van der Waals surface area (Å²) in [5.74, 6) is 1.41. The van der Waals surface area contributed by atoms with E-state index >= 15 is 0 Å². The second-order valence-electron chi connectivity index (χ2n) is 11.4. The van der Waals surface area contributed by atoms with Gasteiger partial charge in [0.1, 0.15) is 11.5 Å². The van der Waals surface area contributed by atoms with Crippen molar-refractivity contribution in [1.82, 2.24) is 20.4 Å². The van der Waals surface area contributed by atoms with Gasteiger partial charge in [0.2, 0.25) is 24.6 Å². The molecule has 2 heterocycles. The molecule has 0 atom stereocenters. The van der Waals surface area contributed by atoms with Crippen LogP contribution in [0.2, 0.25) is 0 Å². The Hall–Kier alpha value is -7.37. The van der Waals surface area contributed by atoms with Gasteiger partial charge in [-0.2, -0.15) is 0 Å². The third-order valence-electron chi connectivity index (χ3n) is 7.59. The van der Waals surface area contributed by atoms with Crippen LogP contribution in [0.3, 0.4) is 0 Å². The van der Waals surface area contributed by atoms with Crippen molar-refractivity contribution in [3.63, 3.8) is 0 Å². The highest BCUT2D eigenvalue weighted by Crippen LogP contribution is 2.28. The van der Waals surface area contributed by atoms with E-state index in [2.05, 4.69) is 85.8 Å². The van der Waals surface area contributed by atoms with Crippen LogP contribution in [0.1, 0.15) is 11.1 Å². The summed E-state index contributed by atoms with van der Waals surface area (Å²) in [6.07, 6.45) is 2.98. The predicted octanol–water partition coefficient (Wildman–Crippen LogP) is 10.8. The molecule has 12 heteroatoms. The number of carbonyl (C=O) groups is 2. The number of rotatable bonds is 8. The summed E-state index contributed by atoms with van der Waals surface area (Å²) in [4.78, 5) is 25.0. The summed E-state index contributed by atoms with van der Waals surface area (Å²) in [6.45, 7) is 0. The van der Waals surface area contributed by atoms with E-state index in [4.69, 9.17) is 25.2 Å². The monoisotopic (exact) mass is 749 g/mol. The zero-order valence-electron chi connectivity index (χ0n) is 29.1. The molecule has 8 aromatic rings. The molecule has 1 amide bonds. The molecular weight excluding hydrogens is 718 g/mol. The van der Waals surface area contributed by atoms with Gasteiger partial charge in [-0.1, -0.05) is 109 Å². The minimum absolute atomic E-state index is 0.325. The number of amides is 1. The predicted molar refractivity (Wildman–Crippen MR) is 208 cm³/mol. The number of benzene rings is 6. The van der Waals surface area contributed by atoms with Crippen molar-refractivity contribution in [3.8, 4) is 34.4 Å². The molecule has 0 spiro atoms. The Kier molecular flexibility index (Phi) is 13.2. The molecule has 272 valence electrons. The smallest absolute Gasteiger partial charge is 0.423 e. The molecule has 6 aromatic carbocycles. The first kappa shape index (κ1) is 37.4. The highest BCUT2D eigenvalue weighted by atomic mass is 35.5. The lowest BCUT2D eigenvalue weighted by molar-refractivity contribution is 0.210. The van der Waals surface area contributed by atoms with Crippen molar-refractivity contribution < 1.29 is 27.9 Å². The molecule has 0 fully saturated rings. The normalized spacial score (nSPS) is 10.1. The third-order valence-corrected chi connectivity index (χ3v) is 7.67. The first-order valence-electron chi connectivity index (χ1n) is 16.8. The molecule has 11 nitrogen and oxygen atoms in total. The Balaban J connectivity index is 0.000000155. The van der Waals surface area contributed by atoms with Crippen molar-refractivity contribution in [1.29, 1.82) is 0 Å². The van der Waals surface area contributed by atoms with Crippen LogP contribution in [0.25, 0.3) is 22.9 Å². The van der Waals surface area contributed by atoms with Gasteiger partial charge >= 0.3 is 11.5 Å². The molecule has 8 rings (SSSR count). The van der Waals surface area contributed by atoms with Gasteiger partial charge in [-0.15, -0.1) is 20.4 Å². The standard InChI is InChI=1S/C21H15N3O3.C13H12.C9H5ClN2O3/c25-21(27-19-13-7-8-16(14-19)20-23-22-15-26-20)24(17-9-3-1-4-10-17)18-11-5-2-6-12-18;1-3-7-12(8-4-1)11-13-9-5-2-6-10-13;10-9(13)15-7-3-1-2-6(4-7)8-12-11-5-14-8/h1-15H;1-10H,11H2;1-5H. The highest BCUT2D eigenvalue weighted by Gasteiger charge is 2.20. The number of nitrogens with zero attached hydrogens (tertiary/aromatic N) is 5. The van der Waals surface area contributed by atoms with Crippen molar-refractivity contribution in [3.05, 3.63) is 194 Å². The van der Waals surface area contributed by atoms with Gasteiger partial charge in [0, 0.05) is 22.7 Å². The molecule has 0 aliphatic rings. The first-order chi connectivity index (χ1) is 27.0. The number of ether oxygens (including phenoxy) is 2. The summed E-state index contributed by atoms with van der Waals surface area (Å²) >= 11 is 5.08. The van der Waals surface area contributed by atoms with Crippen LogP contribution in [-0.4, -0.2) is 31.9 Å². The molecule has 0 aliphatic heterocycles. The Bertz CT molecular complexity index is 2270. The number of carbonyl (C=O) groups excluding carboxylic acids is 2. The van der Waals surface area contributed by atoms with E-state index in [-0.39, 0.29) is 0 Å². The maximum Gasteiger partial charge on any atom is 0.424 e. The minimum Gasteiger partial charge on any atom is -0.423 e. The molecule has 0 saturated heterocycles. The number of hydrogen-bond donors (Lipinski definition) is 0. The summed E-state index contributed by atoms with van der Waals surface area (Å²) in [6, 6.07) is 53.3. The summed E-state index contributed by atoms with van der Waals surface area (Å²) < 4.78 is 20.5. The fourth-order valence-electron chi connectivity index (χ4n) is 5.16. The van der Waals surface area contributed by atoms with Crippen LogP contribution in [0.15, 0.2) is 191 Å². The maximum absolute atomic E-state index is 13.0. The largest absolute Gasteiger partial charge is 0.424 e. The Labute approximate surface area is 321 Å². The lowest BCUT2D eigenvalue weighted by atomic mass is 10.1. The van der Waals surface area contributed by atoms with Gasteiger partial charge in [-0.25, -0.2) is 14.5 Å². The minimum atomic E-state index is -0.891. The van der Waals surface area contributed by atoms with E-state index in [0.29, 0.717) is 45.8 Å². The average Bonchev–Trinajstić information content (AvgIpc) is 3.97. The van der Waals surface area contributed by atoms with Crippen molar-refractivity contribution in [2.24, 2.45) is 0 Å². The van der Waals surface area contributed by atoms with Gasteiger partial charge in [0.25, 0.3) is 0 Å². The second-order valence-corrected chi connectivity index (χ2v) is 11.7. The van der Waals surface area contributed by atoms with Crippen LogP contribution in [0.4, 0.5) is 21.0 Å². The molecule has 0 unspecified atom stereocenters. The fraction of sp³-hybridized carbons (Fsp3) is 0.0233. The summed E-state index contributed by atoms with van der Waals surface area (Å²) in [5, 5.41) is 14.8. The number of aromatic nitrogens is 4. The van der Waals surface area contributed by atoms with Crippen molar-refractivity contribution in [2.45, 2.75) is 6.42 Å². The van der Waals surface area contributed by atoms with Gasteiger partial charge in [-0.05, 0) is 78.2 Å². The number of anilines is 2. The Morgan fingerprint density at radius 1 is 0.527 bits per heavy atom. The van der Waals surface area contributed by atoms with E-state index in [1.807, 2.05) is 60.7 Å². The zero-order chi connectivity index (χ0) is 38.1. The van der Waals surface area contributed by atoms with Crippen LogP contribution in [0.5, 0.6) is 11.5 Å². The third kappa shape index (κ3) is 11.3. The average molecular weight is 750 g/mol. The van der Waals surface area contributed by atoms with Gasteiger partial charge in [-0.3, -0.25) is 0 Å². The molecule has 0 aliphatic carbocycles. The Morgan fingerprint density at radius 3 is 1.35 bits per heavy atom.